The highest BCUT2D eigenvalue weighted by Gasteiger charge is 2.16. The lowest BCUT2D eigenvalue weighted by Gasteiger charge is -2.09. The second-order valence-electron chi connectivity index (χ2n) is 10.0. The molecule has 2 amide bonds. The van der Waals surface area contributed by atoms with E-state index < -0.39 is 29.3 Å². The lowest BCUT2D eigenvalue weighted by molar-refractivity contribution is 0.0949. The SMILES string of the molecule is CN(C)CCCn1ccc(-c2ccn3cc(C(=O)Nc4cc(C(=O)NCc5ccc(F)c(F)c5)ccc4F)nc3c2)n1. The second kappa shape index (κ2) is 12.3. The van der Waals surface area contributed by atoms with Crippen molar-refractivity contribution >= 4 is 23.1 Å². The maximum atomic E-state index is 14.5. The predicted molar refractivity (Wildman–Crippen MR) is 151 cm³/mol. The van der Waals surface area contributed by atoms with Crippen molar-refractivity contribution in [3.05, 3.63) is 107 Å². The molecule has 5 aromatic rings. The summed E-state index contributed by atoms with van der Waals surface area (Å²) < 4.78 is 44.7. The van der Waals surface area contributed by atoms with Gasteiger partial charge in [-0.15, -0.1) is 0 Å². The molecule has 9 nitrogen and oxygen atoms in total. The molecular weight excluding hydrogens is 547 g/mol. The molecule has 3 aromatic heterocycles. The average molecular weight is 576 g/mol. The third kappa shape index (κ3) is 6.66. The van der Waals surface area contributed by atoms with Crippen LogP contribution in [0.5, 0.6) is 0 Å². The lowest BCUT2D eigenvalue weighted by Crippen LogP contribution is -2.23. The fourth-order valence-corrected chi connectivity index (χ4v) is 4.32. The van der Waals surface area contributed by atoms with E-state index in [0.717, 1.165) is 49.0 Å². The fourth-order valence-electron chi connectivity index (χ4n) is 4.32. The van der Waals surface area contributed by atoms with Gasteiger partial charge in [0.25, 0.3) is 11.8 Å². The molecule has 0 fully saturated rings. The Morgan fingerprint density at radius 1 is 0.905 bits per heavy atom. The van der Waals surface area contributed by atoms with Gasteiger partial charge in [-0.25, -0.2) is 18.2 Å². The number of carbonyl (C=O) groups is 2. The third-order valence-electron chi connectivity index (χ3n) is 6.54. The Hall–Kier alpha value is -4.97. The van der Waals surface area contributed by atoms with Crippen LogP contribution < -0.4 is 10.6 Å². The van der Waals surface area contributed by atoms with Gasteiger partial charge in [-0.2, -0.15) is 5.10 Å². The average Bonchev–Trinajstić information content (AvgIpc) is 3.61. The molecule has 42 heavy (non-hydrogen) atoms. The molecule has 0 unspecified atom stereocenters. The molecule has 3 heterocycles. The Kier molecular flexibility index (Phi) is 8.34. The van der Waals surface area contributed by atoms with Gasteiger partial charge in [-0.05, 0) is 81.2 Å². The first-order valence-corrected chi connectivity index (χ1v) is 13.2. The van der Waals surface area contributed by atoms with Crippen molar-refractivity contribution in [1.29, 1.82) is 0 Å². The van der Waals surface area contributed by atoms with E-state index in [0.29, 0.717) is 11.2 Å². The van der Waals surface area contributed by atoms with E-state index >= 15 is 0 Å². The van der Waals surface area contributed by atoms with Crippen LogP contribution in [0.1, 0.15) is 32.8 Å². The quantitative estimate of drug-likeness (QED) is 0.251. The van der Waals surface area contributed by atoms with Crippen molar-refractivity contribution in [3.8, 4) is 11.3 Å². The van der Waals surface area contributed by atoms with Crippen LogP contribution >= 0.6 is 0 Å². The van der Waals surface area contributed by atoms with Gasteiger partial charge < -0.3 is 19.9 Å². The van der Waals surface area contributed by atoms with Crippen LogP contribution in [0.2, 0.25) is 0 Å². The van der Waals surface area contributed by atoms with Crippen LogP contribution in [-0.2, 0) is 13.1 Å². The molecule has 0 saturated heterocycles. The van der Waals surface area contributed by atoms with Crippen molar-refractivity contribution in [2.75, 3.05) is 26.0 Å². The summed E-state index contributed by atoms with van der Waals surface area (Å²) in [4.78, 5) is 32.1. The van der Waals surface area contributed by atoms with E-state index in [1.807, 2.05) is 43.2 Å². The Bertz CT molecular complexity index is 1760. The van der Waals surface area contributed by atoms with Crippen molar-refractivity contribution in [2.45, 2.75) is 19.5 Å². The Morgan fingerprint density at radius 2 is 1.71 bits per heavy atom. The largest absolute Gasteiger partial charge is 0.348 e. The molecule has 0 aliphatic heterocycles. The summed E-state index contributed by atoms with van der Waals surface area (Å²) in [6.07, 6.45) is 6.17. The van der Waals surface area contributed by atoms with Crippen LogP contribution in [0, 0.1) is 17.5 Å². The number of benzene rings is 2. The van der Waals surface area contributed by atoms with Crippen molar-refractivity contribution in [2.24, 2.45) is 0 Å². The molecule has 5 rings (SSSR count). The number of hydrogen-bond acceptors (Lipinski definition) is 5. The van der Waals surface area contributed by atoms with E-state index in [-0.39, 0.29) is 23.5 Å². The number of amides is 2. The highest BCUT2D eigenvalue weighted by atomic mass is 19.2. The van der Waals surface area contributed by atoms with Crippen LogP contribution in [-0.4, -0.2) is 56.5 Å². The van der Waals surface area contributed by atoms with E-state index in [1.54, 1.807) is 10.6 Å². The van der Waals surface area contributed by atoms with Crippen LogP contribution in [0.15, 0.2) is 73.2 Å². The molecule has 2 aromatic carbocycles. The first-order chi connectivity index (χ1) is 20.2. The van der Waals surface area contributed by atoms with Crippen LogP contribution in [0.25, 0.3) is 16.9 Å². The minimum atomic E-state index is -1.03. The first-order valence-electron chi connectivity index (χ1n) is 13.2. The molecule has 0 saturated carbocycles. The number of carbonyl (C=O) groups excluding carboxylic acids is 2. The van der Waals surface area contributed by atoms with Gasteiger partial charge in [0.2, 0.25) is 0 Å². The molecule has 0 spiro atoms. The Morgan fingerprint density at radius 3 is 2.50 bits per heavy atom. The number of aryl methyl sites for hydroxylation is 1. The molecule has 0 atom stereocenters. The van der Waals surface area contributed by atoms with Crippen LogP contribution in [0.4, 0.5) is 18.9 Å². The zero-order valence-corrected chi connectivity index (χ0v) is 22.9. The molecular formula is C30H28F3N7O2. The van der Waals surface area contributed by atoms with Crippen LogP contribution in [0.3, 0.4) is 0 Å². The first kappa shape index (κ1) is 28.6. The fraction of sp³-hybridized carbons (Fsp3) is 0.200. The number of imidazole rings is 1. The molecule has 0 aliphatic rings. The van der Waals surface area contributed by atoms with E-state index in [9.17, 15) is 22.8 Å². The molecule has 0 bridgehead atoms. The predicted octanol–water partition coefficient (Wildman–Crippen LogP) is 4.75. The number of halogens is 3. The number of pyridine rings is 1. The van der Waals surface area contributed by atoms with Crippen molar-refractivity contribution in [3.63, 3.8) is 0 Å². The number of hydrogen-bond donors (Lipinski definition) is 2. The zero-order chi connectivity index (χ0) is 29.8. The van der Waals surface area contributed by atoms with Gasteiger partial charge >= 0.3 is 0 Å². The lowest BCUT2D eigenvalue weighted by atomic mass is 10.1. The van der Waals surface area contributed by atoms with E-state index in [4.69, 9.17) is 0 Å². The normalized spacial score (nSPS) is 11.3. The zero-order valence-electron chi connectivity index (χ0n) is 22.9. The Labute approximate surface area is 239 Å². The van der Waals surface area contributed by atoms with Crippen molar-refractivity contribution < 1.29 is 22.8 Å². The molecule has 0 radical (unpaired) electrons. The van der Waals surface area contributed by atoms with Gasteiger partial charge in [0, 0.05) is 42.8 Å². The number of anilines is 1. The molecule has 2 N–H and O–H groups in total. The molecule has 216 valence electrons. The highest BCUT2D eigenvalue weighted by Crippen LogP contribution is 2.21. The van der Waals surface area contributed by atoms with E-state index in [1.165, 1.54) is 24.4 Å². The molecule has 0 aliphatic carbocycles. The Balaban J connectivity index is 1.26. The summed E-state index contributed by atoms with van der Waals surface area (Å²) in [6.45, 7) is 1.68. The minimum Gasteiger partial charge on any atom is -0.348 e. The monoisotopic (exact) mass is 575 g/mol. The van der Waals surface area contributed by atoms with Gasteiger partial charge in [0.15, 0.2) is 11.6 Å². The number of nitrogens with one attached hydrogen (secondary N) is 2. The van der Waals surface area contributed by atoms with Crippen molar-refractivity contribution in [1.82, 2.24) is 29.4 Å². The van der Waals surface area contributed by atoms with Gasteiger partial charge in [-0.3, -0.25) is 14.3 Å². The van der Waals surface area contributed by atoms with E-state index in [2.05, 4.69) is 25.6 Å². The third-order valence-corrected chi connectivity index (χ3v) is 6.54. The smallest absolute Gasteiger partial charge is 0.275 e. The number of nitrogens with zero attached hydrogens (tertiary/aromatic N) is 5. The summed E-state index contributed by atoms with van der Waals surface area (Å²) in [5.41, 5.74) is 2.37. The topological polar surface area (TPSA) is 96.6 Å². The maximum absolute atomic E-state index is 14.5. The summed E-state index contributed by atoms with van der Waals surface area (Å²) >= 11 is 0. The summed E-state index contributed by atoms with van der Waals surface area (Å²) in [6, 6.07) is 12.4. The second-order valence-corrected chi connectivity index (χ2v) is 10.0. The molecule has 12 heteroatoms. The summed E-state index contributed by atoms with van der Waals surface area (Å²) in [5.74, 6) is -4.01. The number of rotatable bonds is 10. The standard InChI is InChI=1S/C30H28F3N7O2/c1-38(2)10-3-11-40-13-9-25(37-40)20-8-12-39-18-27(35-28(39)16-20)30(42)36-26-15-21(5-7-23(26)32)29(41)34-17-19-4-6-22(31)24(33)14-19/h4-9,12-16,18H,3,10-11,17H2,1-2H3,(H,34,41)(H,36,42). The number of fused-ring (bicyclic) bond motifs is 1. The highest BCUT2D eigenvalue weighted by molar-refractivity contribution is 6.04. The minimum absolute atomic E-state index is 0.0500. The summed E-state index contributed by atoms with van der Waals surface area (Å²) in [7, 11) is 4.05. The van der Waals surface area contributed by atoms with Gasteiger partial charge in [0.1, 0.15) is 17.2 Å². The van der Waals surface area contributed by atoms with Gasteiger partial charge in [-0.1, -0.05) is 6.07 Å². The van der Waals surface area contributed by atoms with Gasteiger partial charge in [0.05, 0.1) is 11.4 Å². The number of aromatic nitrogens is 4. The summed E-state index contributed by atoms with van der Waals surface area (Å²) in [5, 5.41) is 9.65. The maximum Gasteiger partial charge on any atom is 0.275 e.